The SMILES string of the molecule is CNCCOCCOCCNC(=O)OCCC(C)(C)SSCOCCCCOC(C)C. The minimum atomic E-state index is -0.410. The van der Waals surface area contributed by atoms with Crippen LogP contribution in [0.5, 0.6) is 0 Å². The zero-order chi connectivity index (χ0) is 23.2. The number of hydrogen-bond acceptors (Lipinski definition) is 9. The highest BCUT2D eigenvalue weighted by Gasteiger charge is 2.19. The smallest absolute Gasteiger partial charge is 0.407 e. The molecule has 0 atom stereocenters. The van der Waals surface area contributed by atoms with Crippen molar-refractivity contribution in [3.8, 4) is 0 Å². The van der Waals surface area contributed by atoms with Crippen LogP contribution >= 0.6 is 21.6 Å². The lowest BCUT2D eigenvalue weighted by molar-refractivity contribution is 0.0497. The van der Waals surface area contributed by atoms with Crippen molar-refractivity contribution in [2.24, 2.45) is 0 Å². The molecule has 0 saturated carbocycles. The van der Waals surface area contributed by atoms with Crippen molar-refractivity contribution in [2.45, 2.75) is 57.8 Å². The molecule has 0 aliphatic heterocycles. The van der Waals surface area contributed by atoms with E-state index in [-0.39, 0.29) is 4.75 Å². The molecule has 0 bridgehead atoms. The van der Waals surface area contributed by atoms with Crippen LogP contribution in [0.4, 0.5) is 4.79 Å². The Hall–Kier alpha value is -0.230. The van der Waals surface area contributed by atoms with Gasteiger partial charge >= 0.3 is 6.09 Å². The van der Waals surface area contributed by atoms with Crippen molar-refractivity contribution in [3.05, 3.63) is 0 Å². The zero-order valence-electron chi connectivity index (χ0n) is 20.0. The number of amides is 1. The molecule has 0 heterocycles. The Kier molecular flexibility index (Phi) is 21.4. The summed E-state index contributed by atoms with van der Waals surface area (Å²) in [5.41, 5.74) is 0. The van der Waals surface area contributed by atoms with Gasteiger partial charge in [-0.1, -0.05) is 21.6 Å². The number of likely N-dealkylation sites (N-methyl/N-ethyl adjacent to an activating group) is 1. The van der Waals surface area contributed by atoms with Crippen LogP contribution in [0.25, 0.3) is 0 Å². The van der Waals surface area contributed by atoms with Crippen molar-refractivity contribution < 1.29 is 28.5 Å². The van der Waals surface area contributed by atoms with Crippen molar-refractivity contribution in [1.29, 1.82) is 0 Å². The van der Waals surface area contributed by atoms with Crippen molar-refractivity contribution in [2.75, 3.05) is 72.3 Å². The summed E-state index contributed by atoms with van der Waals surface area (Å²) in [6.07, 6.45) is 2.69. The molecule has 0 aromatic heterocycles. The maximum Gasteiger partial charge on any atom is 0.407 e. The van der Waals surface area contributed by atoms with Crippen molar-refractivity contribution >= 4 is 27.7 Å². The van der Waals surface area contributed by atoms with Gasteiger partial charge in [-0.3, -0.25) is 0 Å². The van der Waals surface area contributed by atoms with Gasteiger partial charge in [0.2, 0.25) is 0 Å². The highest BCUT2D eigenvalue weighted by atomic mass is 33.1. The highest BCUT2D eigenvalue weighted by Crippen LogP contribution is 2.37. The summed E-state index contributed by atoms with van der Waals surface area (Å²) >= 11 is 0. The largest absolute Gasteiger partial charge is 0.450 e. The molecule has 0 fully saturated rings. The van der Waals surface area contributed by atoms with E-state index in [1.165, 1.54) is 0 Å². The number of unbranched alkanes of at least 4 members (excludes halogenated alkanes) is 1. The van der Waals surface area contributed by atoms with Crippen LogP contribution in [0.1, 0.15) is 47.0 Å². The quantitative estimate of drug-likeness (QED) is 0.136. The fourth-order valence-electron chi connectivity index (χ4n) is 2.11. The lowest BCUT2D eigenvalue weighted by Crippen LogP contribution is -2.29. The molecule has 31 heavy (non-hydrogen) atoms. The number of carbonyl (C=O) groups excluding carboxylic acids is 1. The van der Waals surface area contributed by atoms with Gasteiger partial charge < -0.3 is 34.3 Å². The van der Waals surface area contributed by atoms with Crippen LogP contribution in [0.3, 0.4) is 0 Å². The monoisotopic (exact) mass is 484 g/mol. The third-order valence-electron chi connectivity index (χ3n) is 3.87. The lowest BCUT2D eigenvalue weighted by Gasteiger charge is -2.22. The molecule has 0 saturated heterocycles. The summed E-state index contributed by atoms with van der Waals surface area (Å²) in [5.74, 6) is 0.654. The number of ether oxygens (including phenoxy) is 5. The molecule has 0 rings (SSSR count). The Morgan fingerprint density at radius 2 is 1.58 bits per heavy atom. The van der Waals surface area contributed by atoms with Gasteiger partial charge in [-0.15, -0.1) is 0 Å². The number of carbonyl (C=O) groups is 1. The van der Waals surface area contributed by atoms with E-state index in [0.29, 0.717) is 51.6 Å². The van der Waals surface area contributed by atoms with Gasteiger partial charge in [-0.05, 0) is 54.0 Å². The molecule has 10 heteroatoms. The topological polar surface area (TPSA) is 87.3 Å². The van der Waals surface area contributed by atoms with Gasteiger partial charge in [-0.25, -0.2) is 4.79 Å². The van der Waals surface area contributed by atoms with E-state index in [9.17, 15) is 4.79 Å². The predicted molar refractivity (Wildman–Crippen MR) is 130 cm³/mol. The van der Waals surface area contributed by atoms with Crippen LogP contribution in [0.2, 0.25) is 0 Å². The first kappa shape index (κ1) is 30.8. The summed E-state index contributed by atoms with van der Waals surface area (Å²) in [5, 5.41) is 5.69. The summed E-state index contributed by atoms with van der Waals surface area (Å²) < 4.78 is 27.1. The average Bonchev–Trinajstić information content (AvgIpc) is 2.71. The molecule has 0 aromatic carbocycles. The molecule has 186 valence electrons. The Morgan fingerprint density at radius 3 is 2.26 bits per heavy atom. The Bertz CT molecular complexity index is 417. The van der Waals surface area contributed by atoms with Crippen molar-refractivity contribution in [3.63, 3.8) is 0 Å². The maximum absolute atomic E-state index is 11.7. The van der Waals surface area contributed by atoms with E-state index in [1.54, 1.807) is 21.6 Å². The summed E-state index contributed by atoms with van der Waals surface area (Å²) in [6.45, 7) is 13.7. The van der Waals surface area contributed by atoms with Gasteiger partial charge in [0, 0.05) is 31.1 Å². The van der Waals surface area contributed by atoms with E-state index in [0.717, 1.165) is 39.0 Å². The third-order valence-corrected chi connectivity index (χ3v) is 6.90. The number of alkyl carbamates (subject to hydrolysis) is 1. The van der Waals surface area contributed by atoms with E-state index in [4.69, 9.17) is 23.7 Å². The Morgan fingerprint density at radius 1 is 0.903 bits per heavy atom. The van der Waals surface area contributed by atoms with Gasteiger partial charge in [0.15, 0.2) is 0 Å². The van der Waals surface area contributed by atoms with E-state index >= 15 is 0 Å². The molecular formula is C21H44N2O6S2. The molecule has 0 unspecified atom stereocenters. The molecule has 0 aromatic rings. The molecule has 1 amide bonds. The second-order valence-corrected chi connectivity index (χ2v) is 10.7. The minimum absolute atomic E-state index is 0.00415. The van der Waals surface area contributed by atoms with Crippen LogP contribution in [-0.4, -0.2) is 89.3 Å². The summed E-state index contributed by atoms with van der Waals surface area (Å²) in [4.78, 5) is 11.7. The second-order valence-electron chi connectivity index (χ2n) is 7.75. The fraction of sp³-hybridized carbons (Fsp3) is 0.952. The molecule has 8 nitrogen and oxygen atoms in total. The van der Waals surface area contributed by atoms with E-state index < -0.39 is 6.09 Å². The number of rotatable bonds is 22. The van der Waals surface area contributed by atoms with E-state index in [2.05, 4.69) is 24.5 Å². The van der Waals surface area contributed by atoms with Crippen LogP contribution in [-0.2, 0) is 23.7 Å². The van der Waals surface area contributed by atoms with Crippen molar-refractivity contribution in [1.82, 2.24) is 10.6 Å². The highest BCUT2D eigenvalue weighted by molar-refractivity contribution is 8.77. The molecular weight excluding hydrogens is 440 g/mol. The van der Waals surface area contributed by atoms with Gasteiger partial charge in [0.25, 0.3) is 0 Å². The fourth-order valence-corrected chi connectivity index (χ4v) is 4.38. The predicted octanol–water partition coefficient (Wildman–Crippen LogP) is 3.69. The first-order valence-electron chi connectivity index (χ1n) is 11.1. The minimum Gasteiger partial charge on any atom is -0.450 e. The Labute approximate surface area is 197 Å². The average molecular weight is 485 g/mol. The van der Waals surface area contributed by atoms with Crippen LogP contribution in [0, 0.1) is 0 Å². The van der Waals surface area contributed by atoms with Gasteiger partial charge in [0.05, 0.1) is 39.1 Å². The molecule has 0 aliphatic rings. The summed E-state index contributed by atoms with van der Waals surface area (Å²) in [7, 11) is 5.33. The Balaban J connectivity index is 3.48. The lowest BCUT2D eigenvalue weighted by atomic mass is 10.1. The zero-order valence-corrected chi connectivity index (χ0v) is 21.7. The molecule has 0 radical (unpaired) electrons. The normalized spacial score (nSPS) is 11.8. The van der Waals surface area contributed by atoms with Crippen LogP contribution < -0.4 is 10.6 Å². The standard InChI is InChI=1S/C21H44N2O6S2/c1-19(2)28-12-7-6-11-27-18-30-31-21(3,4)8-13-29-20(24)23-10-15-26-17-16-25-14-9-22-5/h19,22H,6-18H2,1-5H3,(H,23,24). The molecule has 0 spiro atoms. The molecule has 0 aliphatic carbocycles. The molecule has 2 N–H and O–H groups in total. The van der Waals surface area contributed by atoms with Crippen LogP contribution in [0.15, 0.2) is 0 Å². The first-order valence-corrected chi connectivity index (χ1v) is 13.4. The third kappa shape index (κ3) is 24.2. The van der Waals surface area contributed by atoms with Gasteiger partial charge in [-0.2, -0.15) is 0 Å². The number of hydrogen-bond donors (Lipinski definition) is 2. The number of nitrogens with one attached hydrogen (secondary N) is 2. The second kappa shape index (κ2) is 21.6. The van der Waals surface area contributed by atoms with Gasteiger partial charge in [0.1, 0.15) is 5.94 Å². The maximum atomic E-state index is 11.7. The first-order chi connectivity index (χ1) is 14.9. The van der Waals surface area contributed by atoms with E-state index in [1.807, 2.05) is 20.9 Å². The summed E-state index contributed by atoms with van der Waals surface area (Å²) in [6, 6.07) is 0.